The summed E-state index contributed by atoms with van der Waals surface area (Å²) in [6, 6.07) is 11.2. The van der Waals surface area contributed by atoms with Gasteiger partial charge in [-0.05, 0) is 52.2 Å². The maximum atomic E-state index is 12.4. The number of hydrogen-bond donors (Lipinski definition) is 1. The van der Waals surface area contributed by atoms with Gasteiger partial charge in [-0.1, -0.05) is 12.1 Å². The minimum absolute atomic E-state index is 0.0318. The summed E-state index contributed by atoms with van der Waals surface area (Å²) in [5.41, 5.74) is 1.95. The van der Waals surface area contributed by atoms with Crippen LogP contribution in [0.2, 0.25) is 0 Å². The summed E-state index contributed by atoms with van der Waals surface area (Å²) in [5.74, 6) is 0.741. The smallest absolute Gasteiger partial charge is 0.220 e. The van der Waals surface area contributed by atoms with Crippen molar-refractivity contribution in [2.24, 2.45) is 0 Å². The van der Waals surface area contributed by atoms with Gasteiger partial charge < -0.3 is 10.1 Å². The van der Waals surface area contributed by atoms with Crippen LogP contribution in [0.5, 0.6) is 5.75 Å². The fourth-order valence-electron chi connectivity index (χ4n) is 2.63. The van der Waals surface area contributed by atoms with Crippen molar-refractivity contribution in [3.8, 4) is 5.75 Å². The predicted octanol–water partition coefficient (Wildman–Crippen LogP) is 1.76. The Kier molecular flexibility index (Phi) is 5.87. The minimum atomic E-state index is -0.246. The molecule has 0 aliphatic carbocycles. The predicted molar refractivity (Wildman–Crippen MR) is 94.3 cm³/mol. The molecule has 0 aliphatic heterocycles. The summed E-state index contributed by atoms with van der Waals surface area (Å²) in [6.07, 6.45) is 6.01. The number of hydrogen-bond acceptors (Lipinski definition) is 6. The summed E-state index contributed by atoms with van der Waals surface area (Å²) >= 11 is 0. The molecule has 2 heterocycles. The number of aromatic nitrogens is 5. The first-order chi connectivity index (χ1) is 12.8. The van der Waals surface area contributed by atoms with E-state index in [2.05, 4.69) is 25.8 Å². The Morgan fingerprint density at radius 2 is 1.88 bits per heavy atom. The molecule has 1 N–H and O–H groups in total. The van der Waals surface area contributed by atoms with Gasteiger partial charge in [-0.3, -0.25) is 9.78 Å². The highest BCUT2D eigenvalue weighted by atomic mass is 16.5. The number of nitrogens with zero attached hydrogens (tertiary/aromatic N) is 5. The summed E-state index contributed by atoms with van der Waals surface area (Å²) < 4.78 is 6.82. The number of carbonyl (C=O) groups excluding carboxylic acids is 1. The van der Waals surface area contributed by atoms with Crippen molar-refractivity contribution in [2.75, 3.05) is 7.11 Å². The molecule has 1 atom stereocenters. The Bertz CT molecular complexity index is 805. The molecule has 0 unspecified atom stereocenters. The largest absolute Gasteiger partial charge is 0.497 e. The summed E-state index contributed by atoms with van der Waals surface area (Å²) in [5, 5.41) is 14.0. The summed E-state index contributed by atoms with van der Waals surface area (Å²) in [7, 11) is 1.63. The molecule has 3 rings (SSSR count). The molecule has 26 heavy (non-hydrogen) atoms. The zero-order valence-electron chi connectivity index (χ0n) is 14.4. The molecular formula is C18H20N6O2. The number of tetrazole rings is 1. The standard InChI is InChI=1S/C18H20N6O2/c1-26-16-6-4-14(5-7-16)18(15-8-10-19-11-9-15)21-17(25)3-2-12-24-13-20-22-23-24/h4-11,13,18H,2-3,12H2,1H3,(H,21,25)/t18-/m0/s1. The molecule has 2 aromatic heterocycles. The van der Waals surface area contributed by atoms with Crippen LogP contribution >= 0.6 is 0 Å². The van der Waals surface area contributed by atoms with Crippen LogP contribution in [0.4, 0.5) is 0 Å². The second kappa shape index (κ2) is 8.70. The first-order valence-corrected chi connectivity index (χ1v) is 8.30. The topological polar surface area (TPSA) is 94.8 Å². The van der Waals surface area contributed by atoms with Crippen LogP contribution in [-0.4, -0.2) is 38.2 Å². The van der Waals surface area contributed by atoms with Crippen molar-refractivity contribution in [3.05, 3.63) is 66.2 Å². The summed E-state index contributed by atoms with van der Waals surface area (Å²) in [6.45, 7) is 0.600. The van der Waals surface area contributed by atoms with E-state index in [0.29, 0.717) is 19.4 Å². The van der Waals surface area contributed by atoms with E-state index in [9.17, 15) is 4.79 Å². The number of aryl methyl sites for hydroxylation is 1. The first-order valence-electron chi connectivity index (χ1n) is 8.30. The Hall–Kier alpha value is -3.29. The molecule has 0 bridgehead atoms. The van der Waals surface area contributed by atoms with E-state index in [-0.39, 0.29) is 11.9 Å². The normalized spacial score (nSPS) is 11.7. The molecule has 0 aliphatic rings. The van der Waals surface area contributed by atoms with Crippen LogP contribution in [0.15, 0.2) is 55.1 Å². The molecule has 1 aromatic carbocycles. The third-order valence-electron chi connectivity index (χ3n) is 3.98. The SMILES string of the molecule is COc1ccc([C@H](NC(=O)CCCn2cnnn2)c2ccncc2)cc1. The fraction of sp³-hybridized carbons (Fsp3) is 0.278. The zero-order valence-corrected chi connectivity index (χ0v) is 14.4. The average molecular weight is 352 g/mol. The molecule has 0 saturated carbocycles. The second-order valence-corrected chi connectivity index (χ2v) is 5.73. The van der Waals surface area contributed by atoms with Crippen LogP contribution < -0.4 is 10.1 Å². The molecule has 0 fully saturated rings. The molecule has 3 aromatic rings. The van der Waals surface area contributed by atoms with Crippen molar-refractivity contribution >= 4 is 5.91 Å². The highest BCUT2D eigenvalue weighted by Crippen LogP contribution is 2.24. The number of carbonyl (C=O) groups is 1. The Labute approximate surface area is 151 Å². The van der Waals surface area contributed by atoms with Gasteiger partial charge >= 0.3 is 0 Å². The van der Waals surface area contributed by atoms with Crippen LogP contribution in [0.1, 0.15) is 30.0 Å². The van der Waals surface area contributed by atoms with Gasteiger partial charge in [0.1, 0.15) is 12.1 Å². The monoisotopic (exact) mass is 352 g/mol. The number of amides is 1. The van der Waals surface area contributed by atoms with E-state index in [4.69, 9.17) is 4.74 Å². The summed E-state index contributed by atoms with van der Waals surface area (Å²) in [4.78, 5) is 16.5. The minimum Gasteiger partial charge on any atom is -0.497 e. The van der Waals surface area contributed by atoms with Gasteiger partial charge in [0.15, 0.2) is 0 Å². The van der Waals surface area contributed by atoms with Crippen molar-refractivity contribution in [3.63, 3.8) is 0 Å². The van der Waals surface area contributed by atoms with Crippen molar-refractivity contribution in [2.45, 2.75) is 25.4 Å². The number of benzene rings is 1. The van der Waals surface area contributed by atoms with Crippen LogP contribution in [0.3, 0.4) is 0 Å². The van der Waals surface area contributed by atoms with Crippen LogP contribution in [-0.2, 0) is 11.3 Å². The lowest BCUT2D eigenvalue weighted by Gasteiger charge is -2.20. The third-order valence-corrected chi connectivity index (χ3v) is 3.98. The molecule has 8 heteroatoms. The number of pyridine rings is 1. The fourth-order valence-corrected chi connectivity index (χ4v) is 2.63. The molecule has 8 nitrogen and oxygen atoms in total. The van der Waals surface area contributed by atoms with Gasteiger partial charge in [0.05, 0.1) is 13.2 Å². The number of ether oxygens (including phenoxy) is 1. The molecule has 134 valence electrons. The molecule has 0 radical (unpaired) electrons. The number of nitrogens with one attached hydrogen (secondary N) is 1. The lowest BCUT2D eigenvalue weighted by atomic mass is 9.99. The van der Waals surface area contributed by atoms with Crippen molar-refractivity contribution < 1.29 is 9.53 Å². The second-order valence-electron chi connectivity index (χ2n) is 5.73. The quantitative estimate of drug-likeness (QED) is 0.664. The molecule has 1 amide bonds. The Balaban J connectivity index is 1.67. The Morgan fingerprint density at radius 3 is 2.54 bits per heavy atom. The third kappa shape index (κ3) is 4.62. The van der Waals surface area contributed by atoms with Crippen LogP contribution in [0, 0.1) is 0 Å². The zero-order chi connectivity index (χ0) is 18.2. The van der Waals surface area contributed by atoms with Crippen LogP contribution in [0.25, 0.3) is 0 Å². The highest BCUT2D eigenvalue weighted by Gasteiger charge is 2.17. The molecular weight excluding hydrogens is 332 g/mol. The first kappa shape index (κ1) is 17.5. The van der Waals surface area contributed by atoms with E-state index in [1.807, 2.05) is 36.4 Å². The van der Waals surface area contributed by atoms with Gasteiger partial charge in [0.2, 0.25) is 5.91 Å². The van der Waals surface area contributed by atoms with Crippen molar-refractivity contribution in [1.29, 1.82) is 0 Å². The lowest BCUT2D eigenvalue weighted by Crippen LogP contribution is -2.29. The Morgan fingerprint density at radius 1 is 1.15 bits per heavy atom. The molecule has 0 saturated heterocycles. The van der Waals surface area contributed by atoms with Gasteiger partial charge in [-0.25, -0.2) is 4.68 Å². The van der Waals surface area contributed by atoms with Gasteiger partial charge in [0, 0.05) is 25.4 Å². The highest BCUT2D eigenvalue weighted by molar-refractivity contribution is 5.77. The van der Waals surface area contributed by atoms with E-state index in [1.54, 1.807) is 24.2 Å². The van der Waals surface area contributed by atoms with Gasteiger partial charge in [-0.15, -0.1) is 5.10 Å². The number of rotatable bonds is 8. The van der Waals surface area contributed by atoms with E-state index >= 15 is 0 Å². The van der Waals surface area contributed by atoms with Gasteiger partial charge in [0.25, 0.3) is 0 Å². The average Bonchev–Trinajstić information content (AvgIpc) is 3.20. The lowest BCUT2D eigenvalue weighted by molar-refractivity contribution is -0.121. The maximum absolute atomic E-state index is 12.4. The number of methoxy groups -OCH3 is 1. The van der Waals surface area contributed by atoms with E-state index < -0.39 is 0 Å². The van der Waals surface area contributed by atoms with E-state index in [0.717, 1.165) is 16.9 Å². The van der Waals surface area contributed by atoms with Crippen molar-refractivity contribution in [1.82, 2.24) is 30.5 Å². The van der Waals surface area contributed by atoms with Gasteiger partial charge in [-0.2, -0.15) is 0 Å². The maximum Gasteiger partial charge on any atom is 0.220 e. The van der Waals surface area contributed by atoms with E-state index in [1.165, 1.54) is 6.33 Å². The molecule has 0 spiro atoms.